The van der Waals surface area contributed by atoms with Crippen molar-refractivity contribution in [2.75, 3.05) is 19.2 Å². The minimum Gasteiger partial charge on any atom is -0.493 e. The minimum absolute atomic E-state index is 0.0369. The van der Waals surface area contributed by atoms with Crippen LogP contribution in [-0.2, 0) is 16.2 Å². The Kier molecular flexibility index (Phi) is 6.68. The number of nitrogens with zero attached hydrogens (tertiary/aromatic N) is 1. The molecule has 178 valence electrons. The van der Waals surface area contributed by atoms with Gasteiger partial charge in [0.2, 0.25) is 5.75 Å². The SMILES string of the molecule is COc1cc(C=C2C(=O)NN(c3ccccc3)C2=O)cc(OC)c1OCc1ccc(C(=O)O)cc1. The first-order chi connectivity index (χ1) is 16.9. The van der Waals surface area contributed by atoms with E-state index in [1.807, 2.05) is 6.07 Å². The Morgan fingerprint density at radius 3 is 2.17 bits per heavy atom. The van der Waals surface area contributed by atoms with E-state index in [-0.39, 0.29) is 17.7 Å². The van der Waals surface area contributed by atoms with Crippen LogP contribution in [0.4, 0.5) is 5.69 Å². The summed E-state index contributed by atoms with van der Waals surface area (Å²) in [5, 5.41) is 10.2. The molecular weight excluding hydrogens is 452 g/mol. The van der Waals surface area contributed by atoms with Gasteiger partial charge in [-0.05, 0) is 53.6 Å². The zero-order valence-electron chi connectivity index (χ0n) is 19.0. The highest BCUT2D eigenvalue weighted by molar-refractivity contribution is 6.31. The number of nitrogens with one attached hydrogen (secondary N) is 1. The highest BCUT2D eigenvalue weighted by Gasteiger charge is 2.34. The normalized spacial score (nSPS) is 14.1. The number of ether oxygens (including phenoxy) is 3. The van der Waals surface area contributed by atoms with Crippen molar-refractivity contribution in [1.82, 2.24) is 5.43 Å². The average molecular weight is 474 g/mol. The summed E-state index contributed by atoms with van der Waals surface area (Å²) in [6.45, 7) is 0.139. The Labute approximate surface area is 201 Å². The van der Waals surface area contributed by atoms with Gasteiger partial charge in [0.1, 0.15) is 12.2 Å². The fourth-order valence-corrected chi connectivity index (χ4v) is 3.51. The monoisotopic (exact) mass is 474 g/mol. The van der Waals surface area contributed by atoms with Crippen molar-refractivity contribution in [2.45, 2.75) is 6.61 Å². The molecule has 0 aromatic heterocycles. The fourth-order valence-electron chi connectivity index (χ4n) is 3.51. The molecule has 3 aromatic carbocycles. The number of benzene rings is 3. The predicted octanol–water partition coefficient (Wildman–Crippen LogP) is 3.44. The van der Waals surface area contributed by atoms with Crippen molar-refractivity contribution in [3.63, 3.8) is 0 Å². The van der Waals surface area contributed by atoms with E-state index in [0.29, 0.717) is 28.5 Å². The van der Waals surface area contributed by atoms with Crippen LogP contribution < -0.4 is 24.6 Å². The standard InChI is InChI=1S/C26H22N2O7/c1-33-21-13-17(12-20-24(29)27-28(25(20)30)19-6-4-3-5-7-19)14-22(34-2)23(21)35-15-16-8-10-18(11-9-16)26(31)32/h3-14H,15H2,1-2H3,(H,27,29)(H,31,32). The van der Waals surface area contributed by atoms with Crippen molar-refractivity contribution < 1.29 is 33.7 Å². The van der Waals surface area contributed by atoms with Crippen LogP contribution in [0.1, 0.15) is 21.5 Å². The topological polar surface area (TPSA) is 114 Å². The number of amides is 2. The molecule has 4 rings (SSSR count). The zero-order chi connectivity index (χ0) is 24.9. The van der Waals surface area contributed by atoms with Crippen LogP contribution in [0.25, 0.3) is 6.08 Å². The molecule has 0 saturated carbocycles. The molecule has 1 aliphatic rings. The second-order valence-electron chi connectivity index (χ2n) is 7.52. The van der Waals surface area contributed by atoms with Crippen molar-refractivity contribution in [1.29, 1.82) is 0 Å². The quantitative estimate of drug-likeness (QED) is 0.380. The van der Waals surface area contributed by atoms with Crippen LogP contribution in [0, 0.1) is 0 Å². The number of hydrazine groups is 1. The summed E-state index contributed by atoms with van der Waals surface area (Å²) in [4.78, 5) is 36.4. The number of rotatable bonds is 8. The second kappa shape index (κ2) is 10.0. The number of methoxy groups -OCH3 is 2. The molecular formula is C26H22N2O7. The Balaban J connectivity index is 1.59. The number of carboxylic acids is 1. The number of anilines is 1. The van der Waals surface area contributed by atoms with Gasteiger partial charge in [-0.25, -0.2) is 9.80 Å². The lowest BCUT2D eigenvalue weighted by Gasteiger charge is -2.16. The van der Waals surface area contributed by atoms with E-state index in [9.17, 15) is 14.4 Å². The van der Waals surface area contributed by atoms with E-state index in [2.05, 4.69) is 5.43 Å². The second-order valence-corrected chi connectivity index (χ2v) is 7.52. The number of carbonyl (C=O) groups is 3. The van der Waals surface area contributed by atoms with E-state index < -0.39 is 17.8 Å². The first-order valence-corrected chi connectivity index (χ1v) is 10.5. The molecule has 0 unspecified atom stereocenters. The van der Waals surface area contributed by atoms with Gasteiger partial charge in [-0.3, -0.25) is 15.0 Å². The summed E-state index contributed by atoms with van der Waals surface area (Å²) < 4.78 is 16.8. The van der Waals surface area contributed by atoms with Gasteiger partial charge in [0.25, 0.3) is 11.8 Å². The summed E-state index contributed by atoms with van der Waals surface area (Å²) >= 11 is 0. The lowest BCUT2D eigenvalue weighted by molar-refractivity contribution is -0.117. The van der Waals surface area contributed by atoms with Gasteiger partial charge in [0.05, 0.1) is 25.5 Å². The Morgan fingerprint density at radius 1 is 0.971 bits per heavy atom. The molecule has 1 saturated heterocycles. The first-order valence-electron chi connectivity index (χ1n) is 10.5. The van der Waals surface area contributed by atoms with Crippen molar-refractivity contribution in [3.05, 3.63) is 89.0 Å². The van der Waals surface area contributed by atoms with Crippen LogP contribution >= 0.6 is 0 Å². The van der Waals surface area contributed by atoms with Crippen LogP contribution in [0.15, 0.2) is 72.3 Å². The highest BCUT2D eigenvalue weighted by atomic mass is 16.5. The summed E-state index contributed by atoms with van der Waals surface area (Å²) in [5.74, 6) is -1.01. The van der Waals surface area contributed by atoms with Gasteiger partial charge < -0.3 is 19.3 Å². The Hall–Kier alpha value is -4.79. The van der Waals surface area contributed by atoms with E-state index in [1.165, 1.54) is 37.4 Å². The molecule has 1 aliphatic heterocycles. The molecule has 1 heterocycles. The summed E-state index contributed by atoms with van der Waals surface area (Å²) in [5.41, 5.74) is 4.50. The van der Waals surface area contributed by atoms with Gasteiger partial charge in [-0.2, -0.15) is 0 Å². The largest absolute Gasteiger partial charge is 0.493 e. The fraction of sp³-hybridized carbons (Fsp3) is 0.115. The molecule has 0 aliphatic carbocycles. The number of carbonyl (C=O) groups excluding carboxylic acids is 2. The maximum Gasteiger partial charge on any atom is 0.335 e. The molecule has 3 aromatic rings. The maximum absolute atomic E-state index is 12.9. The van der Waals surface area contributed by atoms with Gasteiger partial charge >= 0.3 is 5.97 Å². The van der Waals surface area contributed by atoms with Crippen molar-refractivity contribution in [2.24, 2.45) is 0 Å². The van der Waals surface area contributed by atoms with Gasteiger partial charge in [-0.1, -0.05) is 30.3 Å². The average Bonchev–Trinajstić information content (AvgIpc) is 3.16. The number of para-hydroxylation sites is 1. The molecule has 9 nitrogen and oxygen atoms in total. The lowest BCUT2D eigenvalue weighted by Crippen LogP contribution is -2.35. The molecule has 2 amide bonds. The van der Waals surface area contributed by atoms with Gasteiger partial charge in [-0.15, -0.1) is 0 Å². The smallest absolute Gasteiger partial charge is 0.335 e. The third-order valence-electron chi connectivity index (χ3n) is 5.28. The van der Waals surface area contributed by atoms with Crippen molar-refractivity contribution in [3.8, 4) is 17.2 Å². The van der Waals surface area contributed by atoms with E-state index in [0.717, 1.165) is 5.56 Å². The zero-order valence-corrected chi connectivity index (χ0v) is 19.0. The third kappa shape index (κ3) is 4.93. The van der Waals surface area contributed by atoms with Crippen LogP contribution in [-0.4, -0.2) is 37.1 Å². The van der Waals surface area contributed by atoms with Crippen LogP contribution in [0.5, 0.6) is 17.2 Å². The first kappa shape index (κ1) is 23.4. The van der Waals surface area contributed by atoms with E-state index in [1.54, 1.807) is 48.5 Å². The molecule has 0 atom stereocenters. The number of hydrogen-bond acceptors (Lipinski definition) is 6. The summed E-state index contributed by atoms with van der Waals surface area (Å²) in [6.07, 6.45) is 1.46. The molecule has 0 spiro atoms. The highest BCUT2D eigenvalue weighted by Crippen LogP contribution is 2.40. The maximum atomic E-state index is 12.9. The Bertz CT molecular complexity index is 1280. The molecule has 2 N–H and O–H groups in total. The molecule has 35 heavy (non-hydrogen) atoms. The number of carboxylic acid groups (broad SMARTS) is 1. The third-order valence-corrected chi connectivity index (χ3v) is 5.28. The summed E-state index contributed by atoms with van der Waals surface area (Å²) in [6, 6.07) is 18.3. The van der Waals surface area contributed by atoms with Gasteiger partial charge in [0.15, 0.2) is 11.5 Å². The lowest BCUT2D eigenvalue weighted by atomic mass is 10.1. The van der Waals surface area contributed by atoms with Gasteiger partial charge in [0, 0.05) is 0 Å². The molecule has 0 radical (unpaired) electrons. The molecule has 1 fully saturated rings. The summed E-state index contributed by atoms with van der Waals surface area (Å²) in [7, 11) is 2.93. The number of aromatic carboxylic acids is 1. The minimum atomic E-state index is -1.01. The predicted molar refractivity (Wildman–Crippen MR) is 127 cm³/mol. The number of hydrogen-bond donors (Lipinski definition) is 2. The Morgan fingerprint density at radius 2 is 1.60 bits per heavy atom. The molecule has 0 bridgehead atoms. The van der Waals surface area contributed by atoms with E-state index in [4.69, 9.17) is 19.3 Å². The van der Waals surface area contributed by atoms with Crippen LogP contribution in [0.2, 0.25) is 0 Å². The molecule has 9 heteroatoms. The van der Waals surface area contributed by atoms with E-state index >= 15 is 0 Å². The van der Waals surface area contributed by atoms with Crippen molar-refractivity contribution >= 4 is 29.5 Å². The van der Waals surface area contributed by atoms with Crippen LogP contribution in [0.3, 0.4) is 0 Å².